The number of hydrogen-bond acceptors (Lipinski definition) is 3. The van der Waals surface area contributed by atoms with Crippen LogP contribution in [0.25, 0.3) is 0 Å². The van der Waals surface area contributed by atoms with Crippen LogP contribution in [0.5, 0.6) is 5.75 Å². The number of aliphatic carboxylic acids is 1. The number of carboxylic acids is 1. The Bertz CT molecular complexity index is 547. The number of carbonyl (C=O) groups excluding carboxylic acids is 1. The smallest absolute Gasteiger partial charge is 0.329 e. The van der Waals surface area contributed by atoms with Crippen LogP contribution >= 0.6 is 0 Å². The van der Waals surface area contributed by atoms with E-state index in [9.17, 15) is 14.7 Å². The van der Waals surface area contributed by atoms with E-state index in [4.69, 9.17) is 4.74 Å². The second kappa shape index (κ2) is 7.49. The molecule has 0 saturated heterocycles. The van der Waals surface area contributed by atoms with Crippen LogP contribution in [-0.2, 0) is 9.59 Å². The van der Waals surface area contributed by atoms with E-state index in [1.54, 1.807) is 7.11 Å². The van der Waals surface area contributed by atoms with Gasteiger partial charge in [0.15, 0.2) is 0 Å². The van der Waals surface area contributed by atoms with Crippen molar-refractivity contribution in [3.05, 3.63) is 29.8 Å². The fourth-order valence-corrected chi connectivity index (χ4v) is 3.28. The van der Waals surface area contributed by atoms with Gasteiger partial charge in [0.05, 0.1) is 13.0 Å². The number of nitrogens with one attached hydrogen (secondary N) is 1. The van der Waals surface area contributed by atoms with Gasteiger partial charge in [-0.15, -0.1) is 0 Å². The first-order valence-corrected chi connectivity index (χ1v) is 8.22. The Morgan fingerprint density at radius 2 is 1.83 bits per heavy atom. The van der Waals surface area contributed by atoms with Crippen LogP contribution in [0.15, 0.2) is 24.3 Å². The molecule has 0 bridgehead atoms. The molecule has 1 aromatic rings. The van der Waals surface area contributed by atoms with Gasteiger partial charge in [-0.25, -0.2) is 4.79 Å². The molecule has 1 atom stereocenters. The SMILES string of the molecule is CCC(C(=O)NC1(C(=O)O)CCCCC1)c1ccc(OC)cc1. The summed E-state index contributed by atoms with van der Waals surface area (Å²) in [5.41, 5.74) is -0.225. The fourth-order valence-electron chi connectivity index (χ4n) is 3.28. The van der Waals surface area contributed by atoms with Crippen LogP contribution in [-0.4, -0.2) is 29.6 Å². The molecule has 2 N–H and O–H groups in total. The molecule has 1 unspecified atom stereocenters. The van der Waals surface area contributed by atoms with Gasteiger partial charge in [0.25, 0.3) is 0 Å². The van der Waals surface area contributed by atoms with Gasteiger partial charge in [0.2, 0.25) is 5.91 Å². The van der Waals surface area contributed by atoms with Crippen LogP contribution in [0.1, 0.15) is 56.9 Å². The zero-order valence-electron chi connectivity index (χ0n) is 13.8. The lowest BCUT2D eigenvalue weighted by Gasteiger charge is -2.35. The predicted molar refractivity (Wildman–Crippen MR) is 87.6 cm³/mol. The highest BCUT2D eigenvalue weighted by Gasteiger charge is 2.42. The van der Waals surface area contributed by atoms with Crippen molar-refractivity contribution in [3.8, 4) is 5.75 Å². The quantitative estimate of drug-likeness (QED) is 0.845. The minimum Gasteiger partial charge on any atom is -0.497 e. The molecule has 0 heterocycles. The highest BCUT2D eigenvalue weighted by atomic mass is 16.5. The summed E-state index contributed by atoms with van der Waals surface area (Å²) in [5, 5.41) is 12.4. The van der Waals surface area contributed by atoms with Crippen molar-refractivity contribution in [2.24, 2.45) is 0 Å². The number of amides is 1. The summed E-state index contributed by atoms with van der Waals surface area (Å²) < 4.78 is 5.13. The van der Waals surface area contributed by atoms with Crippen LogP contribution in [0, 0.1) is 0 Å². The highest BCUT2D eigenvalue weighted by molar-refractivity contribution is 5.90. The predicted octanol–water partition coefficient (Wildman–Crippen LogP) is 3.09. The molecule has 23 heavy (non-hydrogen) atoms. The molecule has 2 rings (SSSR count). The van der Waals surface area contributed by atoms with Crippen LogP contribution in [0.4, 0.5) is 0 Å². The molecule has 1 amide bonds. The van der Waals surface area contributed by atoms with Gasteiger partial charge in [-0.2, -0.15) is 0 Å². The molecule has 0 radical (unpaired) electrons. The first kappa shape index (κ1) is 17.3. The molecule has 0 spiro atoms. The molecule has 1 aromatic carbocycles. The Hall–Kier alpha value is -2.04. The molecule has 1 fully saturated rings. The van der Waals surface area contributed by atoms with Gasteiger partial charge < -0.3 is 15.2 Å². The van der Waals surface area contributed by atoms with E-state index in [2.05, 4.69) is 5.32 Å². The van der Waals surface area contributed by atoms with Crippen LogP contribution < -0.4 is 10.1 Å². The van der Waals surface area contributed by atoms with Gasteiger partial charge in [-0.05, 0) is 37.0 Å². The van der Waals surface area contributed by atoms with Crippen molar-refractivity contribution >= 4 is 11.9 Å². The summed E-state index contributed by atoms with van der Waals surface area (Å²) in [4.78, 5) is 24.4. The van der Waals surface area contributed by atoms with E-state index >= 15 is 0 Å². The first-order valence-electron chi connectivity index (χ1n) is 8.22. The van der Waals surface area contributed by atoms with Crippen molar-refractivity contribution in [2.75, 3.05) is 7.11 Å². The van der Waals surface area contributed by atoms with Gasteiger partial charge in [-0.3, -0.25) is 4.79 Å². The monoisotopic (exact) mass is 319 g/mol. The van der Waals surface area contributed by atoms with E-state index in [1.165, 1.54) is 0 Å². The Morgan fingerprint density at radius 3 is 2.30 bits per heavy atom. The van der Waals surface area contributed by atoms with E-state index in [0.717, 1.165) is 30.6 Å². The second-order valence-corrected chi connectivity index (χ2v) is 6.17. The number of ether oxygens (including phenoxy) is 1. The van der Waals surface area contributed by atoms with Crippen LogP contribution in [0.3, 0.4) is 0 Å². The third-order valence-corrected chi connectivity index (χ3v) is 4.72. The third-order valence-electron chi connectivity index (χ3n) is 4.72. The largest absolute Gasteiger partial charge is 0.497 e. The summed E-state index contributed by atoms with van der Waals surface area (Å²) in [6, 6.07) is 7.36. The molecular formula is C18H25NO4. The average molecular weight is 319 g/mol. The molecule has 5 nitrogen and oxygen atoms in total. The summed E-state index contributed by atoms with van der Waals surface area (Å²) in [6.45, 7) is 1.93. The normalized spacial score (nSPS) is 18.0. The maximum absolute atomic E-state index is 12.7. The lowest BCUT2D eigenvalue weighted by molar-refractivity contribution is -0.149. The summed E-state index contributed by atoms with van der Waals surface area (Å²) in [7, 11) is 1.60. The number of rotatable bonds is 6. The summed E-state index contributed by atoms with van der Waals surface area (Å²) in [5.74, 6) is -0.741. The molecule has 1 saturated carbocycles. The highest BCUT2D eigenvalue weighted by Crippen LogP contribution is 2.30. The lowest BCUT2D eigenvalue weighted by atomic mass is 9.81. The number of benzene rings is 1. The Labute approximate surface area is 137 Å². The Balaban J connectivity index is 2.16. The van der Waals surface area contributed by atoms with Crippen molar-refractivity contribution < 1.29 is 19.4 Å². The average Bonchev–Trinajstić information content (AvgIpc) is 2.57. The molecule has 5 heteroatoms. The van der Waals surface area contributed by atoms with E-state index in [0.29, 0.717) is 19.3 Å². The first-order chi connectivity index (χ1) is 11.0. The Kier molecular flexibility index (Phi) is 5.64. The minimum atomic E-state index is -1.10. The zero-order chi connectivity index (χ0) is 16.9. The lowest BCUT2D eigenvalue weighted by Crippen LogP contribution is -2.56. The van der Waals surface area contributed by atoms with Gasteiger partial charge >= 0.3 is 5.97 Å². The second-order valence-electron chi connectivity index (χ2n) is 6.17. The van der Waals surface area contributed by atoms with Gasteiger partial charge in [0, 0.05) is 0 Å². The molecule has 1 aliphatic carbocycles. The molecule has 0 aromatic heterocycles. The summed E-state index contributed by atoms with van der Waals surface area (Å²) in [6.07, 6.45) is 4.34. The van der Waals surface area contributed by atoms with Crippen molar-refractivity contribution in [3.63, 3.8) is 0 Å². The van der Waals surface area contributed by atoms with E-state index in [-0.39, 0.29) is 11.8 Å². The maximum Gasteiger partial charge on any atom is 0.329 e. The molecular weight excluding hydrogens is 294 g/mol. The Morgan fingerprint density at radius 1 is 1.22 bits per heavy atom. The maximum atomic E-state index is 12.7. The minimum absolute atomic E-state index is 0.207. The molecule has 126 valence electrons. The topological polar surface area (TPSA) is 75.6 Å². The number of carboxylic acid groups (broad SMARTS) is 1. The third kappa shape index (κ3) is 3.84. The van der Waals surface area contributed by atoms with Crippen LogP contribution in [0.2, 0.25) is 0 Å². The van der Waals surface area contributed by atoms with Crippen molar-refractivity contribution in [1.82, 2.24) is 5.32 Å². The van der Waals surface area contributed by atoms with Crippen molar-refractivity contribution in [2.45, 2.75) is 56.9 Å². The number of carbonyl (C=O) groups is 2. The standard InChI is InChI=1S/C18H25NO4/c1-3-15(13-7-9-14(23-2)10-8-13)16(20)19-18(17(21)22)11-5-4-6-12-18/h7-10,15H,3-6,11-12H2,1-2H3,(H,19,20)(H,21,22). The zero-order valence-corrected chi connectivity index (χ0v) is 13.8. The number of methoxy groups -OCH3 is 1. The van der Waals surface area contributed by atoms with Crippen molar-refractivity contribution in [1.29, 1.82) is 0 Å². The van der Waals surface area contributed by atoms with E-state index < -0.39 is 11.5 Å². The molecule has 0 aliphatic heterocycles. The summed E-state index contributed by atoms with van der Waals surface area (Å²) >= 11 is 0. The number of hydrogen-bond donors (Lipinski definition) is 2. The molecule has 1 aliphatic rings. The van der Waals surface area contributed by atoms with E-state index in [1.807, 2.05) is 31.2 Å². The fraction of sp³-hybridized carbons (Fsp3) is 0.556. The van der Waals surface area contributed by atoms with Gasteiger partial charge in [0.1, 0.15) is 11.3 Å². The van der Waals surface area contributed by atoms with Gasteiger partial charge in [-0.1, -0.05) is 38.3 Å².